The van der Waals surface area contributed by atoms with Crippen LogP contribution in [0.3, 0.4) is 0 Å². The zero-order valence-electron chi connectivity index (χ0n) is 30.2. The predicted molar refractivity (Wildman–Crippen MR) is 190 cm³/mol. The van der Waals surface area contributed by atoms with Gasteiger partial charge in [-0.1, -0.05) is 142 Å². The summed E-state index contributed by atoms with van der Waals surface area (Å²) in [6.07, 6.45) is 32.2. The van der Waals surface area contributed by atoms with Crippen molar-refractivity contribution in [3.63, 3.8) is 0 Å². The number of nitrogens with two attached hydrogens (primary N) is 1. The Labute approximate surface area is 288 Å². The number of unbranched alkanes of at least 4 members (excludes halogenated alkanes) is 21. The fourth-order valence-corrected chi connectivity index (χ4v) is 6.02. The minimum absolute atomic E-state index is 0.0145. The van der Waals surface area contributed by atoms with Gasteiger partial charge in [0.25, 0.3) is 7.82 Å². The number of esters is 2. The Balaban J connectivity index is 4.22. The molecule has 0 aliphatic carbocycles. The summed E-state index contributed by atoms with van der Waals surface area (Å²) in [5, 5.41) is 0. The first kappa shape index (κ1) is 45.8. The van der Waals surface area contributed by atoms with E-state index in [1.54, 1.807) is 0 Å². The molecule has 2 atom stereocenters. The van der Waals surface area contributed by atoms with E-state index >= 15 is 0 Å². The molecule has 47 heavy (non-hydrogen) atoms. The lowest BCUT2D eigenvalue weighted by atomic mass is 10.0. The summed E-state index contributed by atoms with van der Waals surface area (Å²) in [6, 6.07) is 0. The maximum absolute atomic E-state index is 12.5. The van der Waals surface area contributed by atoms with Gasteiger partial charge in [0.15, 0.2) is 6.10 Å². The molecule has 1 unspecified atom stereocenters. The lowest BCUT2D eigenvalue weighted by Crippen LogP contribution is -2.30. The van der Waals surface area contributed by atoms with Crippen molar-refractivity contribution in [1.82, 2.24) is 0 Å². The number of phosphoric ester groups is 1. The number of rotatable bonds is 36. The summed E-state index contributed by atoms with van der Waals surface area (Å²) in [5.74, 6) is -0.870. The van der Waals surface area contributed by atoms with E-state index < -0.39 is 32.5 Å². The zero-order chi connectivity index (χ0) is 34.7. The fourth-order valence-electron chi connectivity index (χ4n) is 5.27. The molecule has 0 bridgehead atoms. The van der Waals surface area contributed by atoms with E-state index in [2.05, 4.69) is 30.5 Å². The average molecular weight is 689 g/mol. The topological polar surface area (TPSA) is 137 Å². The van der Waals surface area contributed by atoms with Crippen LogP contribution < -0.4 is 10.6 Å². The van der Waals surface area contributed by atoms with Crippen molar-refractivity contribution in [1.29, 1.82) is 0 Å². The van der Waals surface area contributed by atoms with Gasteiger partial charge in [-0.2, -0.15) is 0 Å². The molecular formula is C37H71NO8P-. The van der Waals surface area contributed by atoms with Crippen molar-refractivity contribution in [2.75, 3.05) is 26.4 Å². The molecule has 0 rings (SSSR count). The summed E-state index contributed by atoms with van der Waals surface area (Å²) in [4.78, 5) is 36.8. The van der Waals surface area contributed by atoms with E-state index in [0.717, 1.165) is 51.4 Å². The van der Waals surface area contributed by atoms with Crippen molar-refractivity contribution in [2.24, 2.45) is 5.73 Å². The highest BCUT2D eigenvalue weighted by molar-refractivity contribution is 7.45. The van der Waals surface area contributed by atoms with E-state index in [9.17, 15) is 19.0 Å². The average Bonchev–Trinajstić information content (AvgIpc) is 3.05. The number of hydrogen-bond donors (Lipinski definition) is 1. The number of ether oxygens (including phenoxy) is 2. The Hall–Kier alpha value is -1.25. The first-order valence-electron chi connectivity index (χ1n) is 19.1. The van der Waals surface area contributed by atoms with Crippen LogP contribution in [0, 0.1) is 0 Å². The third-order valence-corrected chi connectivity index (χ3v) is 9.11. The summed E-state index contributed by atoms with van der Waals surface area (Å²) < 4.78 is 32.2. The van der Waals surface area contributed by atoms with Crippen molar-refractivity contribution in [2.45, 2.75) is 187 Å². The molecule has 0 aromatic heterocycles. The minimum Gasteiger partial charge on any atom is -0.756 e. The number of carbonyl (C=O) groups is 2. The molecule has 10 heteroatoms. The largest absolute Gasteiger partial charge is 0.756 e. The zero-order valence-corrected chi connectivity index (χ0v) is 31.1. The van der Waals surface area contributed by atoms with Crippen molar-refractivity contribution < 1.29 is 37.6 Å². The van der Waals surface area contributed by atoms with Gasteiger partial charge in [0, 0.05) is 19.4 Å². The Morgan fingerprint density at radius 1 is 0.617 bits per heavy atom. The highest BCUT2D eigenvalue weighted by atomic mass is 31.2. The lowest BCUT2D eigenvalue weighted by Gasteiger charge is -2.25. The second-order valence-corrected chi connectivity index (χ2v) is 14.2. The van der Waals surface area contributed by atoms with Gasteiger partial charge in [0.1, 0.15) is 6.61 Å². The monoisotopic (exact) mass is 688 g/mol. The Bertz CT molecular complexity index is 794. The molecule has 0 saturated heterocycles. The van der Waals surface area contributed by atoms with Gasteiger partial charge in [0.05, 0.1) is 13.2 Å². The van der Waals surface area contributed by atoms with E-state index in [1.165, 1.54) is 96.3 Å². The normalized spacial score (nSPS) is 13.5. The van der Waals surface area contributed by atoms with E-state index in [0.29, 0.717) is 6.42 Å². The molecule has 278 valence electrons. The fraction of sp³-hybridized carbons (Fsp3) is 0.892. The number of carbonyl (C=O) groups excluding carboxylic acids is 2. The van der Waals surface area contributed by atoms with Gasteiger partial charge in [-0.25, -0.2) is 0 Å². The molecule has 2 N–H and O–H groups in total. The second-order valence-electron chi connectivity index (χ2n) is 12.8. The second kappa shape index (κ2) is 34.6. The maximum atomic E-state index is 12.5. The SMILES string of the molecule is CCCCCC/C=C\CCCCCCCC(=O)O[C@H](COC(=O)CCCCCCCCCCCCCCC)COP(=O)([O-])OCCN. The van der Waals surface area contributed by atoms with Crippen LogP contribution in [-0.4, -0.2) is 44.4 Å². The number of hydrogen-bond acceptors (Lipinski definition) is 9. The molecule has 0 heterocycles. The third-order valence-electron chi connectivity index (χ3n) is 8.14. The van der Waals surface area contributed by atoms with Gasteiger partial charge in [-0.05, 0) is 38.5 Å². The maximum Gasteiger partial charge on any atom is 0.306 e. The van der Waals surface area contributed by atoms with Crippen LogP contribution in [0.25, 0.3) is 0 Å². The summed E-state index contributed by atoms with van der Waals surface area (Å²) in [7, 11) is -4.62. The molecular weight excluding hydrogens is 617 g/mol. The van der Waals surface area contributed by atoms with Gasteiger partial charge in [-0.15, -0.1) is 0 Å². The van der Waals surface area contributed by atoms with Gasteiger partial charge in [0.2, 0.25) is 0 Å². The number of allylic oxidation sites excluding steroid dienone is 2. The van der Waals surface area contributed by atoms with Crippen LogP contribution in [0.4, 0.5) is 0 Å². The van der Waals surface area contributed by atoms with Crippen molar-refractivity contribution in [3.8, 4) is 0 Å². The quantitative estimate of drug-likeness (QED) is 0.0295. The molecule has 0 spiro atoms. The van der Waals surface area contributed by atoms with Crippen LogP contribution in [0.2, 0.25) is 0 Å². The lowest BCUT2D eigenvalue weighted by molar-refractivity contribution is -0.228. The van der Waals surface area contributed by atoms with E-state index in [4.69, 9.17) is 19.7 Å². The Morgan fingerprint density at radius 3 is 1.53 bits per heavy atom. The molecule has 0 radical (unpaired) electrons. The first-order valence-corrected chi connectivity index (χ1v) is 20.6. The van der Waals surface area contributed by atoms with Crippen LogP contribution in [0.15, 0.2) is 12.2 Å². The molecule has 0 saturated carbocycles. The van der Waals surface area contributed by atoms with Crippen molar-refractivity contribution in [3.05, 3.63) is 12.2 Å². The molecule has 9 nitrogen and oxygen atoms in total. The smallest absolute Gasteiger partial charge is 0.306 e. The Kier molecular flexibility index (Phi) is 33.7. The predicted octanol–water partition coefficient (Wildman–Crippen LogP) is 9.64. The number of phosphoric acid groups is 1. The van der Waals surface area contributed by atoms with Crippen LogP contribution in [0.5, 0.6) is 0 Å². The van der Waals surface area contributed by atoms with E-state index in [-0.39, 0.29) is 32.6 Å². The standard InChI is InChI=1S/C37H72NO8P/c1-3-5-7-9-11-13-15-17-19-21-23-25-27-29-36(39)43-33-35(34-45-47(41,42)44-32-31-38)46-37(40)30-28-26-24-22-20-18-16-14-12-10-8-6-4-2/h14,16,35H,3-13,15,17-34,38H2,1-2H3,(H,41,42)/p-1/b16-14-/t35-/m1/s1. The van der Waals surface area contributed by atoms with Gasteiger partial charge in [-0.3, -0.25) is 14.2 Å². The van der Waals surface area contributed by atoms with Gasteiger partial charge >= 0.3 is 11.9 Å². The molecule has 0 amide bonds. The van der Waals surface area contributed by atoms with Gasteiger partial charge < -0.3 is 29.1 Å². The summed E-state index contributed by atoms with van der Waals surface area (Å²) in [6.45, 7) is 3.51. The van der Waals surface area contributed by atoms with Crippen LogP contribution in [-0.2, 0) is 32.7 Å². The highest BCUT2D eigenvalue weighted by Gasteiger charge is 2.21. The first-order chi connectivity index (χ1) is 22.8. The third kappa shape index (κ3) is 34.4. The molecule has 0 fully saturated rings. The van der Waals surface area contributed by atoms with Crippen LogP contribution >= 0.6 is 7.82 Å². The minimum atomic E-state index is -4.62. The van der Waals surface area contributed by atoms with Crippen LogP contribution in [0.1, 0.15) is 181 Å². The summed E-state index contributed by atoms with van der Waals surface area (Å²) in [5.41, 5.74) is 5.30. The summed E-state index contributed by atoms with van der Waals surface area (Å²) >= 11 is 0. The molecule has 0 aliphatic heterocycles. The van der Waals surface area contributed by atoms with Crippen molar-refractivity contribution >= 4 is 19.8 Å². The molecule has 0 aromatic carbocycles. The van der Waals surface area contributed by atoms with E-state index in [1.807, 2.05) is 0 Å². The highest BCUT2D eigenvalue weighted by Crippen LogP contribution is 2.38. The molecule has 0 aliphatic rings. The Morgan fingerprint density at radius 2 is 1.04 bits per heavy atom. The molecule has 0 aromatic rings.